The first-order valence-electron chi connectivity index (χ1n) is 12.0. The highest BCUT2D eigenvalue weighted by molar-refractivity contribution is 5.86. The normalized spacial score (nSPS) is 14.8. The molecule has 35 heavy (non-hydrogen) atoms. The molecular weight excluding hydrogens is 448 g/mol. The molecular formula is C27H34N2O6. The van der Waals surface area contributed by atoms with E-state index in [1.54, 1.807) is 7.11 Å². The molecule has 3 unspecified atom stereocenters. The summed E-state index contributed by atoms with van der Waals surface area (Å²) in [5.74, 6) is -1.40. The maximum absolute atomic E-state index is 12.8. The zero-order chi connectivity index (χ0) is 25.4. The highest BCUT2D eigenvalue weighted by Crippen LogP contribution is 2.44. The van der Waals surface area contributed by atoms with Gasteiger partial charge in [-0.05, 0) is 34.6 Å². The Morgan fingerprint density at radius 2 is 1.63 bits per heavy atom. The lowest BCUT2D eigenvalue weighted by atomic mass is 9.98. The molecule has 8 heteroatoms. The molecule has 0 heterocycles. The van der Waals surface area contributed by atoms with Gasteiger partial charge in [-0.2, -0.15) is 0 Å². The van der Waals surface area contributed by atoms with Gasteiger partial charge in [-0.3, -0.25) is 9.59 Å². The number of amides is 2. The molecule has 188 valence electrons. The summed E-state index contributed by atoms with van der Waals surface area (Å²) in [6.07, 6.45) is -0.372. The van der Waals surface area contributed by atoms with Crippen molar-refractivity contribution in [1.82, 2.24) is 10.6 Å². The van der Waals surface area contributed by atoms with Crippen molar-refractivity contribution in [3.63, 3.8) is 0 Å². The van der Waals surface area contributed by atoms with E-state index >= 15 is 0 Å². The Morgan fingerprint density at radius 1 is 1.03 bits per heavy atom. The van der Waals surface area contributed by atoms with Crippen molar-refractivity contribution in [2.45, 2.75) is 51.2 Å². The first kappa shape index (κ1) is 26.2. The van der Waals surface area contributed by atoms with Crippen molar-refractivity contribution in [1.29, 1.82) is 0 Å². The van der Waals surface area contributed by atoms with Gasteiger partial charge in [0, 0.05) is 26.0 Å². The van der Waals surface area contributed by atoms with Crippen LogP contribution < -0.4 is 10.6 Å². The number of methoxy groups -OCH3 is 1. The summed E-state index contributed by atoms with van der Waals surface area (Å²) in [6, 6.07) is 15.0. The van der Waals surface area contributed by atoms with E-state index in [9.17, 15) is 14.4 Å². The van der Waals surface area contributed by atoms with Crippen LogP contribution in [0.5, 0.6) is 0 Å². The molecule has 0 radical (unpaired) electrons. The minimum Gasteiger partial charge on any atom is -0.481 e. The highest BCUT2D eigenvalue weighted by atomic mass is 16.5. The maximum Gasteiger partial charge on any atom is 0.407 e. The standard InChI is InChI=1S/C27H34N2O6/c1-4-17(2)24(34-3)15-28-26(32)23(13-14-25(30)31)29-27(33)35-16-22-20-11-7-5-9-18(20)19-10-6-8-12-21(19)22/h5-12,17,22-24H,4,13-16H2,1-3H3,(H,28,32)(H,29,33)(H,30,31). The van der Waals surface area contributed by atoms with Gasteiger partial charge in [-0.1, -0.05) is 68.8 Å². The zero-order valence-corrected chi connectivity index (χ0v) is 20.5. The molecule has 2 amide bonds. The van der Waals surface area contributed by atoms with Gasteiger partial charge >= 0.3 is 12.1 Å². The third-order valence-corrected chi connectivity index (χ3v) is 6.66. The molecule has 0 spiro atoms. The molecule has 2 aromatic carbocycles. The number of carbonyl (C=O) groups is 3. The fraction of sp³-hybridized carbons (Fsp3) is 0.444. The van der Waals surface area contributed by atoms with Gasteiger partial charge in [-0.15, -0.1) is 0 Å². The Balaban J connectivity index is 1.62. The third kappa shape index (κ3) is 6.60. The molecule has 0 aliphatic heterocycles. The second kappa shape index (κ2) is 12.4. The molecule has 0 aromatic heterocycles. The average Bonchev–Trinajstić information content (AvgIpc) is 3.18. The predicted octanol–water partition coefficient (Wildman–Crippen LogP) is 3.94. The molecule has 1 aliphatic carbocycles. The Morgan fingerprint density at radius 3 is 2.17 bits per heavy atom. The van der Waals surface area contributed by atoms with Gasteiger partial charge in [0.15, 0.2) is 0 Å². The summed E-state index contributed by atoms with van der Waals surface area (Å²) in [4.78, 5) is 36.5. The molecule has 0 saturated carbocycles. The Labute approximate surface area is 206 Å². The Kier molecular flexibility index (Phi) is 9.25. The van der Waals surface area contributed by atoms with Crippen LogP contribution in [0.15, 0.2) is 48.5 Å². The van der Waals surface area contributed by atoms with Crippen molar-refractivity contribution in [3.05, 3.63) is 59.7 Å². The second-order valence-electron chi connectivity index (χ2n) is 8.86. The number of carboxylic acid groups (broad SMARTS) is 1. The van der Waals surface area contributed by atoms with Gasteiger partial charge in [0.1, 0.15) is 12.6 Å². The number of hydrogen-bond acceptors (Lipinski definition) is 5. The molecule has 3 N–H and O–H groups in total. The number of nitrogens with one attached hydrogen (secondary N) is 2. The van der Waals surface area contributed by atoms with E-state index in [4.69, 9.17) is 14.6 Å². The van der Waals surface area contributed by atoms with Crippen molar-refractivity contribution in [3.8, 4) is 11.1 Å². The minimum absolute atomic E-state index is 0.0493. The van der Waals surface area contributed by atoms with Crippen LogP contribution in [0.1, 0.15) is 50.2 Å². The highest BCUT2D eigenvalue weighted by Gasteiger charge is 2.30. The predicted molar refractivity (Wildman–Crippen MR) is 132 cm³/mol. The van der Waals surface area contributed by atoms with Crippen LogP contribution in [0, 0.1) is 5.92 Å². The zero-order valence-electron chi connectivity index (χ0n) is 20.5. The summed E-state index contributed by atoms with van der Waals surface area (Å²) < 4.78 is 11.0. The number of alkyl carbamates (subject to hydrolysis) is 1. The minimum atomic E-state index is -1.05. The van der Waals surface area contributed by atoms with E-state index in [1.807, 2.05) is 62.4 Å². The van der Waals surface area contributed by atoms with E-state index in [-0.39, 0.29) is 43.9 Å². The second-order valence-corrected chi connectivity index (χ2v) is 8.86. The van der Waals surface area contributed by atoms with Crippen LogP contribution in [0.2, 0.25) is 0 Å². The van der Waals surface area contributed by atoms with Crippen molar-refractivity contribution >= 4 is 18.0 Å². The van der Waals surface area contributed by atoms with Gasteiger partial charge in [0.2, 0.25) is 5.91 Å². The summed E-state index contributed by atoms with van der Waals surface area (Å²) in [5.41, 5.74) is 4.39. The maximum atomic E-state index is 12.8. The fourth-order valence-electron chi connectivity index (χ4n) is 4.42. The first-order valence-corrected chi connectivity index (χ1v) is 12.0. The Bertz CT molecular complexity index is 994. The molecule has 2 aromatic rings. The third-order valence-electron chi connectivity index (χ3n) is 6.66. The van der Waals surface area contributed by atoms with Gasteiger partial charge in [0.25, 0.3) is 0 Å². The number of carbonyl (C=O) groups excluding carboxylic acids is 2. The molecule has 0 bridgehead atoms. The summed E-state index contributed by atoms with van der Waals surface area (Å²) in [7, 11) is 1.58. The molecule has 0 fully saturated rings. The molecule has 8 nitrogen and oxygen atoms in total. The number of hydrogen-bond donors (Lipinski definition) is 3. The lowest BCUT2D eigenvalue weighted by molar-refractivity contribution is -0.137. The number of ether oxygens (including phenoxy) is 2. The first-order chi connectivity index (χ1) is 16.8. The van der Waals surface area contributed by atoms with Crippen LogP contribution in [0.4, 0.5) is 4.79 Å². The van der Waals surface area contributed by atoms with Crippen LogP contribution >= 0.6 is 0 Å². The van der Waals surface area contributed by atoms with Crippen molar-refractivity contribution in [2.75, 3.05) is 20.3 Å². The number of fused-ring (bicyclic) bond motifs is 3. The number of aliphatic carboxylic acids is 1. The quantitative estimate of drug-likeness (QED) is 0.422. The van der Waals surface area contributed by atoms with Crippen LogP contribution in [0.25, 0.3) is 11.1 Å². The summed E-state index contributed by atoms with van der Waals surface area (Å²) in [6.45, 7) is 4.43. The Hall–Kier alpha value is -3.39. The molecule has 3 atom stereocenters. The van der Waals surface area contributed by atoms with E-state index in [2.05, 4.69) is 10.6 Å². The van der Waals surface area contributed by atoms with Crippen LogP contribution in [-0.4, -0.2) is 55.5 Å². The number of rotatable bonds is 12. The van der Waals surface area contributed by atoms with E-state index in [1.165, 1.54) is 0 Å². The van der Waals surface area contributed by atoms with Crippen molar-refractivity contribution in [2.24, 2.45) is 5.92 Å². The summed E-state index contributed by atoms with van der Waals surface area (Å²) >= 11 is 0. The van der Waals surface area contributed by atoms with Crippen LogP contribution in [-0.2, 0) is 19.1 Å². The molecule has 0 saturated heterocycles. The van der Waals surface area contributed by atoms with Crippen molar-refractivity contribution < 1.29 is 29.0 Å². The molecule has 1 aliphatic rings. The van der Waals surface area contributed by atoms with Gasteiger partial charge in [-0.25, -0.2) is 4.79 Å². The van der Waals surface area contributed by atoms with Gasteiger partial charge in [0.05, 0.1) is 6.10 Å². The topological polar surface area (TPSA) is 114 Å². The average molecular weight is 483 g/mol. The summed E-state index contributed by atoms with van der Waals surface area (Å²) in [5, 5.41) is 14.4. The number of benzene rings is 2. The lowest BCUT2D eigenvalue weighted by Gasteiger charge is -2.24. The fourth-order valence-corrected chi connectivity index (χ4v) is 4.42. The SMILES string of the molecule is CCC(C)C(CNC(=O)C(CCC(=O)O)NC(=O)OCC1c2ccccc2-c2ccccc21)OC. The van der Waals surface area contributed by atoms with Gasteiger partial charge < -0.3 is 25.2 Å². The molecule has 3 rings (SSSR count). The van der Waals surface area contributed by atoms with E-state index in [0.29, 0.717) is 0 Å². The largest absolute Gasteiger partial charge is 0.481 e. The monoisotopic (exact) mass is 482 g/mol. The van der Waals surface area contributed by atoms with E-state index in [0.717, 1.165) is 28.7 Å². The number of carboxylic acids is 1. The lowest BCUT2D eigenvalue weighted by Crippen LogP contribution is -2.49. The smallest absolute Gasteiger partial charge is 0.407 e. The van der Waals surface area contributed by atoms with Crippen LogP contribution in [0.3, 0.4) is 0 Å². The van der Waals surface area contributed by atoms with E-state index < -0.39 is 24.0 Å².